The van der Waals surface area contributed by atoms with Crippen molar-refractivity contribution in [1.82, 2.24) is 9.80 Å². The van der Waals surface area contributed by atoms with E-state index >= 15 is 0 Å². The molecule has 0 aromatic heterocycles. The lowest BCUT2D eigenvalue weighted by molar-refractivity contribution is -0.149. The van der Waals surface area contributed by atoms with Crippen LogP contribution in [0, 0.1) is 0 Å². The highest BCUT2D eigenvalue weighted by molar-refractivity contribution is 6.31. The first-order chi connectivity index (χ1) is 9.51. The van der Waals surface area contributed by atoms with Gasteiger partial charge in [0.1, 0.15) is 6.54 Å². The van der Waals surface area contributed by atoms with Crippen molar-refractivity contribution in [2.24, 2.45) is 0 Å². The Morgan fingerprint density at radius 2 is 1.85 bits per heavy atom. The SMILES string of the molecule is CCN1CC(=O)N(CC(=O)c2cccc(Cl)c2)CC1=O. The van der Waals surface area contributed by atoms with Crippen LogP contribution in [0.5, 0.6) is 0 Å². The van der Waals surface area contributed by atoms with Crippen molar-refractivity contribution in [3.05, 3.63) is 34.9 Å². The van der Waals surface area contributed by atoms with Gasteiger partial charge in [-0.15, -0.1) is 0 Å². The molecule has 6 heteroatoms. The van der Waals surface area contributed by atoms with Crippen LogP contribution in [0.1, 0.15) is 17.3 Å². The molecule has 5 nitrogen and oxygen atoms in total. The summed E-state index contributed by atoms with van der Waals surface area (Å²) in [7, 11) is 0. The fourth-order valence-electron chi connectivity index (χ4n) is 2.06. The Balaban J connectivity index is 2.05. The van der Waals surface area contributed by atoms with Gasteiger partial charge in [0.2, 0.25) is 11.8 Å². The van der Waals surface area contributed by atoms with E-state index in [9.17, 15) is 14.4 Å². The highest BCUT2D eigenvalue weighted by atomic mass is 35.5. The third-order valence-corrected chi connectivity index (χ3v) is 3.46. The summed E-state index contributed by atoms with van der Waals surface area (Å²) in [6, 6.07) is 6.55. The summed E-state index contributed by atoms with van der Waals surface area (Å²) in [5.41, 5.74) is 0.440. The molecule has 0 radical (unpaired) electrons. The maximum absolute atomic E-state index is 12.1. The van der Waals surface area contributed by atoms with Crippen molar-refractivity contribution in [3.8, 4) is 0 Å². The van der Waals surface area contributed by atoms with Crippen LogP contribution in [-0.4, -0.2) is 53.6 Å². The number of hydrogen-bond acceptors (Lipinski definition) is 3. The normalized spacial score (nSPS) is 15.7. The third kappa shape index (κ3) is 3.17. The highest BCUT2D eigenvalue weighted by Crippen LogP contribution is 2.12. The molecule has 1 aromatic rings. The van der Waals surface area contributed by atoms with Crippen LogP contribution in [0.2, 0.25) is 5.02 Å². The number of ketones is 1. The molecular weight excluding hydrogens is 280 g/mol. The van der Waals surface area contributed by atoms with Crippen LogP contribution in [0.25, 0.3) is 0 Å². The van der Waals surface area contributed by atoms with Crippen LogP contribution in [0.4, 0.5) is 0 Å². The number of amides is 2. The van der Waals surface area contributed by atoms with Crippen LogP contribution >= 0.6 is 11.6 Å². The van der Waals surface area contributed by atoms with Gasteiger partial charge >= 0.3 is 0 Å². The maximum Gasteiger partial charge on any atom is 0.243 e. The number of benzene rings is 1. The van der Waals surface area contributed by atoms with Gasteiger partial charge in [0, 0.05) is 17.1 Å². The standard InChI is InChI=1S/C14H15ClN2O3/c1-2-16-8-14(20)17(9-13(16)19)7-12(18)10-4-3-5-11(15)6-10/h3-6H,2,7-9H2,1H3. The Morgan fingerprint density at radius 3 is 2.50 bits per heavy atom. The van der Waals surface area contributed by atoms with Gasteiger partial charge in [0.25, 0.3) is 0 Å². The average Bonchev–Trinajstić information content (AvgIpc) is 2.42. The van der Waals surface area contributed by atoms with Gasteiger partial charge in [0.15, 0.2) is 5.78 Å². The first kappa shape index (κ1) is 14.5. The summed E-state index contributed by atoms with van der Waals surface area (Å²) in [4.78, 5) is 38.5. The number of rotatable bonds is 4. The molecule has 0 aliphatic carbocycles. The number of carbonyl (C=O) groups excluding carboxylic acids is 3. The minimum atomic E-state index is -0.224. The average molecular weight is 295 g/mol. The van der Waals surface area contributed by atoms with Crippen LogP contribution in [0.15, 0.2) is 24.3 Å². The summed E-state index contributed by atoms with van der Waals surface area (Å²) in [5.74, 6) is -0.563. The Kier molecular flexibility index (Phi) is 4.39. The fourth-order valence-corrected chi connectivity index (χ4v) is 2.25. The van der Waals surface area contributed by atoms with Crippen molar-refractivity contribution in [3.63, 3.8) is 0 Å². The van der Waals surface area contributed by atoms with Gasteiger partial charge in [0.05, 0.1) is 13.1 Å². The number of nitrogens with zero attached hydrogens (tertiary/aromatic N) is 2. The van der Waals surface area contributed by atoms with Gasteiger partial charge < -0.3 is 9.80 Å². The predicted octanol–water partition coefficient (Wildman–Crippen LogP) is 1.21. The minimum absolute atomic E-state index is 0.0398. The molecular formula is C14H15ClN2O3. The second-order valence-electron chi connectivity index (χ2n) is 4.59. The molecule has 0 spiro atoms. The first-order valence-electron chi connectivity index (χ1n) is 6.35. The number of likely N-dealkylation sites (N-methyl/N-ethyl adjacent to an activating group) is 1. The zero-order valence-corrected chi connectivity index (χ0v) is 11.9. The lowest BCUT2D eigenvalue weighted by Gasteiger charge is -2.32. The molecule has 1 aromatic carbocycles. The molecule has 1 aliphatic heterocycles. The van der Waals surface area contributed by atoms with E-state index in [2.05, 4.69) is 0 Å². The van der Waals surface area contributed by atoms with E-state index in [1.807, 2.05) is 6.92 Å². The van der Waals surface area contributed by atoms with Gasteiger partial charge in [-0.05, 0) is 19.1 Å². The van der Waals surface area contributed by atoms with Gasteiger partial charge in [-0.2, -0.15) is 0 Å². The molecule has 2 rings (SSSR count). The van der Waals surface area contributed by atoms with E-state index < -0.39 is 0 Å². The largest absolute Gasteiger partial charge is 0.332 e. The van der Waals surface area contributed by atoms with Crippen molar-refractivity contribution in [2.45, 2.75) is 6.92 Å². The smallest absolute Gasteiger partial charge is 0.243 e. The fraction of sp³-hybridized carbons (Fsp3) is 0.357. The lowest BCUT2D eigenvalue weighted by Crippen LogP contribution is -2.54. The summed E-state index contributed by atoms with van der Waals surface area (Å²) in [6.45, 7) is 2.22. The number of hydrogen-bond donors (Lipinski definition) is 0. The van der Waals surface area contributed by atoms with Crippen molar-refractivity contribution in [2.75, 3.05) is 26.2 Å². The van der Waals surface area contributed by atoms with E-state index in [4.69, 9.17) is 11.6 Å². The molecule has 0 unspecified atom stereocenters. The second-order valence-corrected chi connectivity index (χ2v) is 5.03. The minimum Gasteiger partial charge on any atom is -0.332 e. The molecule has 1 heterocycles. The number of halogens is 1. The number of Topliss-reactive ketones (excluding diaryl/α,β-unsaturated/α-hetero) is 1. The molecule has 0 saturated carbocycles. The predicted molar refractivity (Wildman–Crippen MR) is 74.6 cm³/mol. The molecule has 106 valence electrons. The van der Waals surface area contributed by atoms with E-state index in [0.717, 1.165) is 0 Å². The molecule has 2 amide bonds. The van der Waals surface area contributed by atoms with Crippen LogP contribution < -0.4 is 0 Å². The topological polar surface area (TPSA) is 57.7 Å². The quantitative estimate of drug-likeness (QED) is 0.785. The molecule has 0 atom stereocenters. The summed E-state index contributed by atoms with van der Waals surface area (Å²) in [5, 5.41) is 0.467. The van der Waals surface area contributed by atoms with Crippen LogP contribution in [0.3, 0.4) is 0 Å². The molecule has 1 aliphatic rings. The molecule has 0 bridgehead atoms. The third-order valence-electron chi connectivity index (χ3n) is 3.22. The van der Waals surface area contributed by atoms with Gasteiger partial charge in [-0.1, -0.05) is 23.7 Å². The van der Waals surface area contributed by atoms with E-state index in [1.54, 1.807) is 24.3 Å². The van der Waals surface area contributed by atoms with Crippen molar-refractivity contribution < 1.29 is 14.4 Å². The zero-order chi connectivity index (χ0) is 14.7. The van der Waals surface area contributed by atoms with Crippen molar-refractivity contribution in [1.29, 1.82) is 0 Å². The van der Waals surface area contributed by atoms with Gasteiger partial charge in [-0.3, -0.25) is 14.4 Å². The number of carbonyl (C=O) groups is 3. The molecule has 1 fully saturated rings. The summed E-state index contributed by atoms with van der Waals surface area (Å²) < 4.78 is 0. The van der Waals surface area contributed by atoms with E-state index in [0.29, 0.717) is 17.1 Å². The van der Waals surface area contributed by atoms with Gasteiger partial charge in [-0.25, -0.2) is 0 Å². The van der Waals surface area contributed by atoms with E-state index in [-0.39, 0.29) is 37.2 Å². The Bertz CT molecular complexity index is 559. The zero-order valence-electron chi connectivity index (χ0n) is 11.1. The summed E-state index contributed by atoms with van der Waals surface area (Å²) >= 11 is 5.83. The second kappa shape index (κ2) is 6.05. The monoisotopic (exact) mass is 294 g/mol. The van der Waals surface area contributed by atoms with Crippen molar-refractivity contribution >= 4 is 29.2 Å². The Morgan fingerprint density at radius 1 is 1.20 bits per heavy atom. The lowest BCUT2D eigenvalue weighted by atomic mass is 10.1. The van der Waals surface area contributed by atoms with Crippen LogP contribution in [-0.2, 0) is 9.59 Å². The molecule has 0 N–H and O–H groups in total. The first-order valence-corrected chi connectivity index (χ1v) is 6.73. The maximum atomic E-state index is 12.1. The Labute approximate surface area is 122 Å². The van der Waals surface area contributed by atoms with E-state index in [1.165, 1.54) is 9.80 Å². The molecule has 1 saturated heterocycles. The highest BCUT2D eigenvalue weighted by Gasteiger charge is 2.30. The number of piperazine rings is 1. The summed E-state index contributed by atoms with van der Waals surface area (Å²) in [6.07, 6.45) is 0. The molecule has 20 heavy (non-hydrogen) atoms. The Hall–Kier alpha value is -1.88.